The molecule has 0 bridgehead atoms. The molecule has 1 aromatic rings. The minimum atomic E-state index is -0.700. The molecule has 1 aliphatic heterocycles. The van der Waals surface area contributed by atoms with Crippen LogP contribution in [0.2, 0.25) is 0 Å². The van der Waals surface area contributed by atoms with Gasteiger partial charge in [0.15, 0.2) is 11.5 Å². The van der Waals surface area contributed by atoms with Crippen LogP contribution < -0.4 is 14.8 Å². The fraction of sp³-hybridized carbons (Fsp3) is 0.692. The molecule has 0 aliphatic carbocycles. The Kier molecular flexibility index (Phi) is 11.6. The van der Waals surface area contributed by atoms with Crippen LogP contribution in [0.5, 0.6) is 11.5 Å². The van der Waals surface area contributed by atoms with Crippen molar-refractivity contribution in [3.05, 3.63) is 23.8 Å². The van der Waals surface area contributed by atoms with Gasteiger partial charge in [-0.25, -0.2) is 0 Å². The highest BCUT2D eigenvalue weighted by Crippen LogP contribution is 2.31. The number of carbonyl (C=O) groups is 1. The van der Waals surface area contributed by atoms with Crippen LogP contribution in [0.25, 0.3) is 0 Å². The number of rotatable bonds is 15. The molecule has 1 amide bonds. The molecule has 192 valence electrons. The lowest BCUT2D eigenvalue weighted by molar-refractivity contribution is -0.125. The summed E-state index contributed by atoms with van der Waals surface area (Å²) in [6.45, 7) is 10.6. The highest BCUT2D eigenvalue weighted by molar-refractivity contribution is 6.00. The van der Waals surface area contributed by atoms with Crippen molar-refractivity contribution in [1.29, 1.82) is 0 Å². The Morgan fingerprint density at radius 3 is 2.62 bits per heavy atom. The van der Waals surface area contributed by atoms with Gasteiger partial charge >= 0.3 is 0 Å². The van der Waals surface area contributed by atoms with Gasteiger partial charge in [0, 0.05) is 50.8 Å². The second kappa shape index (κ2) is 14.2. The molecule has 2 N–H and O–H groups in total. The number of carbonyl (C=O) groups excluding carboxylic acids is 1. The number of amides is 1. The van der Waals surface area contributed by atoms with E-state index in [9.17, 15) is 9.90 Å². The fourth-order valence-electron chi connectivity index (χ4n) is 3.97. The van der Waals surface area contributed by atoms with E-state index >= 15 is 0 Å². The Morgan fingerprint density at radius 2 is 1.97 bits per heavy atom. The number of aliphatic hydroxyl groups is 1. The minimum absolute atomic E-state index is 0.0131. The van der Waals surface area contributed by atoms with E-state index in [4.69, 9.17) is 19.2 Å². The van der Waals surface area contributed by atoms with Gasteiger partial charge in [0.2, 0.25) is 5.91 Å². The Labute approximate surface area is 204 Å². The van der Waals surface area contributed by atoms with Crippen molar-refractivity contribution in [1.82, 2.24) is 10.2 Å². The van der Waals surface area contributed by atoms with Gasteiger partial charge in [-0.3, -0.25) is 9.79 Å². The quantitative estimate of drug-likeness (QED) is 0.377. The molecule has 1 aromatic carbocycles. The number of nitrogens with zero attached hydrogens (tertiary/aromatic N) is 2. The fourth-order valence-corrected chi connectivity index (χ4v) is 3.97. The molecule has 1 heterocycles. The number of benzene rings is 1. The van der Waals surface area contributed by atoms with Crippen LogP contribution in [-0.2, 0) is 9.53 Å². The van der Waals surface area contributed by atoms with Crippen LogP contribution in [0.3, 0.4) is 0 Å². The molecular weight excluding hydrogens is 434 g/mol. The minimum Gasteiger partial charge on any atom is -0.493 e. The lowest BCUT2D eigenvalue weighted by atomic mass is 9.98. The first-order chi connectivity index (χ1) is 16.3. The van der Waals surface area contributed by atoms with Gasteiger partial charge in [-0.15, -0.1) is 0 Å². The Morgan fingerprint density at radius 1 is 1.21 bits per heavy atom. The van der Waals surface area contributed by atoms with Crippen molar-refractivity contribution in [3.8, 4) is 11.5 Å². The smallest absolute Gasteiger partial charge is 0.222 e. The molecule has 0 saturated carbocycles. The SMILES string of the molecule is CCCCNC(=O)[C@H](C)C[C@H](O)[C@@H]1CN(C(C)C)C(c2ccc(OC)c(OCCCOC)c2)=N1. The van der Waals surface area contributed by atoms with Crippen molar-refractivity contribution in [2.75, 3.05) is 40.5 Å². The van der Waals surface area contributed by atoms with Crippen LogP contribution in [-0.4, -0.2) is 80.5 Å². The van der Waals surface area contributed by atoms with Crippen LogP contribution in [0, 0.1) is 5.92 Å². The van der Waals surface area contributed by atoms with Gasteiger partial charge in [0.05, 0.1) is 25.9 Å². The second-order valence-electron chi connectivity index (χ2n) is 9.18. The van der Waals surface area contributed by atoms with E-state index < -0.39 is 6.10 Å². The average Bonchev–Trinajstić information content (AvgIpc) is 3.28. The summed E-state index contributed by atoms with van der Waals surface area (Å²) < 4.78 is 16.5. The maximum absolute atomic E-state index is 12.3. The normalized spacial score (nSPS) is 17.5. The number of hydrogen-bond acceptors (Lipinski definition) is 7. The summed E-state index contributed by atoms with van der Waals surface area (Å²) in [6.07, 6.45) is 2.45. The summed E-state index contributed by atoms with van der Waals surface area (Å²) in [7, 11) is 3.29. The second-order valence-corrected chi connectivity index (χ2v) is 9.18. The van der Waals surface area contributed by atoms with E-state index in [1.165, 1.54) is 0 Å². The molecule has 0 radical (unpaired) electrons. The van der Waals surface area contributed by atoms with E-state index in [1.807, 2.05) is 25.1 Å². The van der Waals surface area contributed by atoms with Crippen LogP contribution in [0.4, 0.5) is 0 Å². The highest BCUT2D eigenvalue weighted by atomic mass is 16.5. The monoisotopic (exact) mass is 477 g/mol. The first-order valence-electron chi connectivity index (χ1n) is 12.4. The number of amidine groups is 1. The third kappa shape index (κ3) is 7.87. The predicted molar refractivity (Wildman–Crippen MR) is 135 cm³/mol. The van der Waals surface area contributed by atoms with Crippen LogP contribution >= 0.6 is 0 Å². The number of nitrogens with one attached hydrogen (secondary N) is 1. The first-order valence-corrected chi connectivity index (χ1v) is 12.4. The number of ether oxygens (including phenoxy) is 3. The predicted octanol–water partition coefficient (Wildman–Crippen LogP) is 3.25. The third-order valence-corrected chi connectivity index (χ3v) is 6.06. The maximum atomic E-state index is 12.3. The van der Waals surface area contributed by atoms with E-state index in [1.54, 1.807) is 14.2 Å². The molecule has 8 heteroatoms. The summed E-state index contributed by atoms with van der Waals surface area (Å²) in [5, 5.41) is 13.9. The molecule has 8 nitrogen and oxygen atoms in total. The van der Waals surface area contributed by atoms with Crippen LogP contribution in [0.15, 0.2) is 23.2 Å². The van der Waals surface area contributed by atoms with Crippen molar-refractivity contribution >= 4 is 11.7 Å². The van der Waals surface area contributed by atoms with Crippen molar-refractivity contribution in [2.24, 2.45) is 10.9 Å². The summed E-state index contributed by atoms with van der Waals surface area (Å²) in [4.78, 5) is 19.4. The molecule has 0 saturated heterocycles. The molecule has 0 aromatic heterocycles. The van der Waals surface area contributed by atoms with Crippen molar-refractivity contribution in [3.63, 3.8) is 0 Å². The Bertz CT molecular complexity index is 799. The number of aliphatic imine (C=N–C) groups is 1. The molecule has 3 atom stereocenters. The van der Waals surface area contributed by atoms with Gasteiger partial charge in [-0.2, -0.15) is 0 Å². The Balaban J connectivity index is 2.15. The standard InChI is InChI=1S/C26H43N3O5/c1-7-8-12-27-26(31)19(4)15-22(30)21-17-29(18(2)3)25(28-21)20-10-11-23(33-6)24(16-20)34-14-9-13-32-5/h10-11,16,18-19,21-22,30H,7-9,12-15,17H2,1-6H3,(H,27,31)/t19-,21+,22+/m1/s1. The summed E-state index contributed by atoms with van der Waals surface area (Å²) in [5.74, 6) is 1.86. The molecule has 2 rings (SSSR count). The molecule has 0 spiro atoms. The number of unbranched alkanes of at least 4 members (excludes halogenated alkanes) is 1. The first kappa shape index (κ1) is 27.9. The molecule has 0 unspecified atom stereocenters. The van der Waals surface area contributed by atoms with E-state index in [0.717, 1.165) is 30.7 Å². The zero-order valence-corrected chi connectivity index (χ0v) is 21.7. The summed E-state index contributed by atoms with van der Waals surface area (Å²) in [5.41, 5.74) is 0.913. The maximum Gasteiger partial charge on any atom is 0.222 e. The largest absolute Gasteiger partial charge is 0.493 e. The van der Waals surface area contributed by atoms with Gasteiger partial charge < -0.3 is 29.5 Å². The number of aliphatic hydroxyl groups excluding tert-OH is 1. The molecule has 34 heavy (non-hydrogen) atoms. The average molecular weight is 478 g/mol. The zero-order chi connectivity index (χ0) is 25.1. The van der Waals surface area contributed by atoms with E-state index in [-0.39, 0.29) is 23.9 Å². The number of methoxy groups -OCH3 is 2. The van der Waals surface area contributed by atoms with Gasteiger partial charge in [-0.1, -0.05) is 20.3 Å². The van der Waals surface area contributed by atoms with Crippen LogP contribution in [0.1, 0.15) is 58.9 Å². The number of hydrogen-bond donors (Lipinski definition) is 2. The highest BCUT2D eigenvalue weighted by Gasteiger charge is 2.34. The van der Waals surface area contributed by atoms with Crippen molar-refractivity contribution in [2.45, 2.75) is 71.6 Å². The molecule has 0 fully saturated rings. The molecule has 1 aliphatic rings. The lowest BCUT2D eigenvalue weighted by Crippen LogP contribution is -2.39. The van der Waals surface area contributed by atoms with Gasteiger partial charge in [0.25, 0.3) is 0 Å². The zero-order valence-electron chi connectivity index (χ0n) is 21.7. The lowest BCUT2D eigenvalue weighted by Gasteiger charge is -2.27. The van der Waals surface area contributed by atoms with Gasteiger partial charge in [0.1, 0.15) is 5.84 Å². The van der Waals surface area contributed by atoms with Crippen molar-refractivity contribution < 1.29 is 24.1 Å². The van der Waals surface area contributed by atoms with E-state index in [2.05, 4.69) is 31.0 Å². The topological polar surface area (TPSA) is 92.6 Å². The summed E-state index contributed by atoms with van der Waals surface area (Å²) in [6, 6.07) is 5.70. The van der Waals surface area contributed by atoms with Gasteiger partial charge in [-0.05, 0) is 44.9 Å². The van der Waals surface area contributed by atoms with E-state index in [0.29, 0.717) is 44.2 Å². The molecular formula is C26H43N3O5. The summed E-state index contributed by atoms with van der Waals surface area (Å²) >= 11 is 0. The Hall–Kier alpha value is -2.32. The third-order valence-electron chi connectivity index (χ3n) is 6.06.